The van der Waals surface area contributed by atoms with E-state index in [-0.39, 0.29) is 5.97 Å². The van der Waals surface area contributed by atoms with Gasteiger partial charge in [-0.25, -0.2) is 4.79 Å². The molecule has 0 saturated heterocycles. The topological polar surface area (TPSA) is 52.6 Å². The second-order valence-electron chi connectivity index (χ2n) is 5.05. The lowest BCUT2D eigenvalue weighted by Gasteiger charge is -2.20. The summed E-state index contributed by atoms with van der Waals surface area (Å²) in [6.07, 6.45) is 3.68. The number of rotatable bonds is 5. The van der Waals surface area contributed by atoms with Crippen molar-refractivity contribution in [3.63, 3.8) is 0 Å². The van der Waals surface area contributed by atoms with Crippen molar-refractivity contribution in [2.24, 2.45) is 5.41 Å². The van der Waals surface area contributed by atoms with Gasteiger partial charge in [0.1, 0.15) is 5.75 Å². The fourth-order valence-electron chi connectivity index (χ4n) is 1.27. The van der Waals surface area contributed by atoms with Gasteiger partial charge in [0.2, 0.25) is 0 Å². The molecule has 0 saturated carbocycles. The van der Waals surface area contributed by atoms with Crippen LogP contribution in [0.3, 0.4) is 0 Å². The van der Waals surface area contributed by atoms with Crippen molar-refractivity contribution < 1.29 is 19.1 Å². The predicted molar refractivity (Wildman–Crippen MR) is 77.2 cm³/mol. The highest BCUT2D eigenvalue weighted by molar-refractivity contribution is 5.87. The molecule has 0 atom stereocenters. The predicted octanol–water partition coefficient (Wildman–Crippen LogP) is 3.21. The van der Waals surface area contributed by atoms with Gasteiger partial charge in [-0.05, 0) is 44.0 Å². The summed E-state index contributed by atoms with van der Waals surface area (Å²) in [6, 6.07) is 6.92. The van der Waals surface area contributed by atoms with E-state index in [0.29, 0.717) is 12.2 Å². The molecule has 0 aromatic heterocycles. The van der Waals surface area contributed by atoms with E-state index in [1.54, 1.807) is 30.3 Å². The molecule has 108 valence electrons. The van der Waals surface area contributed by atoms with Crippen LogP contribution >= 0.6 is 0 Å². The van der Waals surface area contributed by atoms with E-state index in [1.165, 1.54) is 13.2 Å². The maximum Gasteiger partial charge on any atom is 0.330 e. The van der Waals surface area contributed by atoms with Gasteiger partial charge < -0.3 is 9.47 Å². The number of carbonyl (C=O) groups is 2. The van der Waals surface area contributed by atoms with Gasteiger partial charge >= 0.3 is 11.9 Å². The summed E-state index contributed by atoms with van der Waals surface area (Å²) in [5.41, 5.74) is 0.327. The fourth-order valence-corrected chi connectivity index (χ4v) is 1.27. The maximum absolute atomic E-state index is 11.9. The Morgan fingerprint density at radius 3 is 2.30 bits per heavy atom. The number of hydrogen-bond donors (Lipinski definition) is 0. The Bertz CT molecular complexity index is 498. The molecule has 0 bridgehead atoms. The zero-order chi connectivity index (χ0) is 15.2. The smallest absolute Gasteiger partial charge is 0.330 e. The summed E-state index contributed by atoms with van der Waals surface area (Å²) < 4.78 is 9.82. The van der Waals surface area contributed by atoms with Crippen LogP contribution in [0.1, 0.15) is 32.8 Å². The molecule has 0 aliphatic carbocycles. The molecule has 0 N–H and O–H groups in total. The Hall–Kier alpha value is -2.10. The summed E-state index contributed by atoms with van der Waals surface area (Å²) in [7, 11) is 1.32. The Kier molecular flexibility index (Phi) is 5.50. The lowest BCUT2D eigenvalue weighted by atomic mass is 9.91. The molecule has 1 rings (SSSR count). The molecule has 4 heteroatoms. The standard InChI is InChI=1S/C16H20O4/c1-5-16(2,3)15(18)20-13-9-6-12(7-10-13)8-11-14(17)19-4/h6-11H,5H2,1-4H3. The Morgan fingerprint density at radius 1 is 1.20 bits per heavy atom. The minimum absolute atomic E-state index is 0.252. The largest absolute Gasteiger partial charge is 0.466 e. The van der Waals surface area contributed by atoms with E-state index < -0.39 is 11.4 Å². The van der Waals surface area contributed by atoms with Gasteiger partial charge in [0, 0.05) is 6.08 Å². The van der Waals surface area contributed by atoms with Crippen molar-refractivity contribution >= 4 is 18.0 Å². The summed E-state index contributed by atoms with van der Waals surface area (Å²) in [5.74, 6) is -0.171. The van der Waals surface area contributed by atoms with Crippen LogP contribution in [0.15, 0.2) is 30.3 Å². The molecule has 0 spiro atoms. The van der Waals surface area contributed by atoms with Gasteiger partial charge in [-0.2, -0.15) is 0 Å². The van der Waals surface area contributed by atoms with Gasteiger partial charge in [0.05, 0.1) is 12.5 Å². The second kappa shape index (κ2) is 6.89. The third kappa shape index (κ3) is 4.53. The lowest BCUT2D eigenvalue weighted by molar-refractivity contribution is -0.144. The Labute approximate surface area is 119 Å². The van der Waals surface area contributed by atoms with Gasteiger partial charge in [0.25, 0.3) is 0 Å². The number of methoxy groups -OCH3 is 1. The maximum atomic E-state index is 11.9. The van der Waals surface area contributed by atoms with E-state index in [2.05, 4.69) is 4.74 Å². The minimum atomic E-state index is -0.497. The lowest BCUT2D eigenvalue weighted by Crippen LogP contribution is -2.28. The molecule has 0 aliphatic rings. The van der Waals surface area contributed by atoms with Gasteiger partial charge in [0.15, 0.2) is 0 Å². The van der Waals surface area contributed by atoms with Crippen molar-refractivity contribution in [2.45, 2.75) is 27.2 Å². The molecule has 0 amide bonds. The first-order valence-electron chi connectivity index (χ1n) is 6.47. The SMILES string of the molecule is CCC(C)(C)C(=O)Oc1ccc(C=CC(=O)OC)cc1. The average Bonchev–Trinajstić information content (AvgIpc) is 2.46. The Balaban J connectivity index is 2.70. The van der Waals surface area contributed by atoms with Crippen molar-refractivity contribution in [2.75, 3.05) is 7.11 Å². The van der Waals surface area contributed by atoms with Crippen molar-refractivity contribution in [3.05, 3.63) is 35.9 Å². The summed E-state index contributed by atoms with van der Waals surface area (Å²) in [4.78, 5) is 22.9. The summed E-state index contributed by atoms with van der Waals surface area (Å²) in [5, 5.41) is 0. The molecule has 4 nitrogen and oxygen atoms in total. The van der Waals surface area contributed by atoms with Crippen molar-refractivity contribution in [1.29, 1.82) is 0 Å². The van der Waals surface area contributed by atoms with Crippen LogP contribution < -0.4 is 4.74 Å². The van der Waals surface area contributed by atoms with Crippen LogP contribution in [-0.4, -0.2) is 19.0 Å². The molecule has 0 fully saturated rings. The van der Waals surface area contributed by atoms with Crippen molar-refractivity contribution in [1.82, 2.24) is 0 Å². The molecule has 0 unspecified atom stereocenters. The van der Waals surface area contributed by atoms with E-state index >= 15 is 0 Å². The first-order chi connectivity index (χ1) is 9.39. The highest BCUT2D eigenvalue weighted by Crippen LogP contribution is 2.23. The number of carbonyl (C=O) groups excluding carboxylic acids is 2. The van der Waals surface area contributed by atoms with Crippen LogP contribution in [-0.2, 0) is 14.3 Å². The quantitative estimate of drug-likeness (QED) is 0.471. The number of benzene rings is 1. The highest BCUT2D eigenvalue weighted by atomic mass is 16.5. The minimum Gasteiger partial charge on any atom is -0.466 e. The average molecular weight is 276 g/mol. The summed E-state index contributed by atoms with van der Waals surface area (Å²) in [6.45, 7) is 5.65. The monoisotopic (exact) mass is 276 g/mol. The molecule has 0 aliphatic heterocycles. The van der Waals surface area contributed by atoms with Gasteiger partial charge in [-0.1, -0.05) is 19.1 Å². The molecular formula is C16H20O4. The fraction of sp³-hybridized carbons (Fsp3) is 0.375. The van der Waals surface area contributed by atoms with Gasteiger partial charge in [-0.15, -0.1) is 0 Å². The third-order valence-corrected chi connectivity index (χ3v) is 3.14. The third-order valence-electron chi connectivity index (χ3n) is 3.14. The first kappa shape index (κ1) is 16.0. The van der Waals surface area contributed by atoms with Gasteiger partial charge in [-0.3, -0.25) is 4.79 Å². The summed E-state index contributed by atoms with van der Waals surface area (Å²) >= 11 is 0. The number of ether oxygens (including phenoxy) is 2. The Morgan fingerprint density at radius 2 is 1.80 bits per heavy atom. The molecule has 1 aromatic rings. The number of hydrogen-bond acceptors (Lipinski definition) is 4. The number of esters is 2. The van der Waals surface area contributed by atoms with Crippen LogP contribution in [0, 0.1) is 5.41 Å². The highest BCUT2D eigenvalue weighted by Gasteiger charge is 2.27. The van der Waals surface area contributed by atoms with Crippen LogP contribution in [0.2, 0.25) is 0 Å². The van der Waals surface area contributed by atoms with Crippen LogP contribution in [0.25, 0.3) is 6.08 Å². The molecule has 20 heavy (non-hydrogen) atoms. The van der Waals surface area contributed by atoms with Crippen LogP contribution in [0.5, 0.6) is 5.75 Å². The second-order valence-corrected chi connectivity index (χ2v) is 5.05. The first-order valence-corrected chi connectivity index (χ1v) is 6.47. The van der Waals surface area contributed by atoms with E-state index in [0.717, 1.165) is 5.56 Å². The molecule has 0 heterocycles. The van der Waals surface area contributed by atoms with E-state index in [1.807, 2.05) is 20.8 Å². The molecule has 0 radical (unpaired) electrons. The molecule has 1 aromatic carbocycles. The molecular weight excluding hydrogens is 256 g/mol. The van der Waals surface area contributed by atoms with Crippen LogP contribution in [0.4, 0.5) is 0 Å². The normalized spacial score (nSPS) is 11.4. The van der Waals surface area contributed by atoms with Crippen molar-refractivity contribution in [3.8, 4) is 5.75 Å². The zero-order valence-corrected chi connectivity index (χ0v) is 12.3. The van der Waals surface area contributed by atoms with E-state index in [9.17, 15) is 9.59 Å². The van der Waals surface area contributed by atoms with E-state index in [4.69, 9.17) is 4.74 Å². The zero-order valence-electron chi connectivity index (χ0n) is 12.3.